The number of aliphatic hydroxyl groups excluding tert-OH is 4. The number of carbonyl (C=O) groups is 1. The van der Waals surface area contributed by atoms with Crippen molar-refractivity contribution in [1.29, 1.82) is 0 Å². The summed E-state index contributed by atoms with van der Waals surface area (Å²) in [5.41, 5.74) is 1.95. The molecule has 29 heavy (non-hydrogen) atoms. The molecule has 1 fully saturated rings. The Morgan fingerprint density at radius 3 is 2.38 bits per heavy atom. The van der Waals surface area contributed by atoms with Crippen LogP contribution in [0.2, 0.25) is 0 Å². The van der Waals surface area contributed by atoms with Crippen molar-refractivity contribution in [2.45, 2.75) is 36.9 Å². The molecule has 0 radical (unpaired) electrons. The Balaban J connectivity index is 1.81. The molecule has 1 aliphatic rings. The first-order chi connectivity index (χ1) is 13.8. The zero-order valence-corrected chi connectivity index (χ0v) is 15.8. The quantitative estimate of drug-likeness (QED) is 0.486. The first-order valence-electron chi connectivity index (χ1n) is 9.27. The van der Waals surface area contributed by atoms with Gasteiger partial charge in [-0.2, -0.15) is 0 Å². The van der Waals surface area contributed by atoms with E-state index in [0.29, 0.717) is 16.7 Å². The number of benzene rings is 2. The number of hydrogen-bond acceptors (Lipinski definition) is 6. The highest BCUT2D eigenvalue weighted by atomic mass is 19.1. The lowest BCUT2D eigenvalue weighted by atomic mass is 9.91. The molecule has 1 amide bonds. The van der Waals surface area contributed by atoms with Gasteiger partial charge >= 0.3 is 0 Å². The van der Waals surface area contributed by atoms with Crippen LogP contribution >= 0.6 is 0 Å². The molecule has 156 valence electrons. The van der Waals surface area contributed by atoms with E-state index in [9.17, 15) is 29.6 Å². The summed E-state index contributed by atoms with van der Waals surface area (Å²) in [6.07, 6.45) is -6.44. The van der Waals surface area contributed by atoms with Crippen LogP contribution in [0.4, 0.5) is 4.39 Å². The maximum atomic E-state index is 14.7. The third-order valence-electron chi connectivity index (χ3n) is 5.15. The van der Waals surface area contributed by atoms with E-state index in [1.165, 1.54) is 13.1 Å². The van der Waals surface area contributed by atoms with Crippen LogP contribution in [0, 0.1) is 5.82 Å². The van der Waals surface area contributed by atoms with Crippen LogP contribution < -0.4 is 5.32 Å². The Hall–Kier alpha value is -2.36. The van der Waals surface area contributed by atoms with Gasteiger partial charge in [-0.05, 0) is 34.9 Å². The minimum atomic E-state index is -1.50. The fraction of sp³-hybridized carbons (Fsp3) is 0.381. The van der Waals surface area contributed by atoms with Crippen molar-refractivity contribution in [2.75, 3.05) is 13.7 Å². The summed E-state index contributed by atoms with van der Waals surface area (Å²) in [5, 5.41) is 41.7. The van der Waals surface area contributed by atoms with E-state index in [2.05, 4.69) is 5.32 Å². The van der Waals surface area contributed by atoms with Gasteiger partial charge in [0.2, 0.25) is 0 Å². The molecule has 7 nitrogen and oxygen atoms in total. The van der Waals surface area contributed by atoms with Gasteiger partial charge < -0.3 is 30.5 Å². The fourth-order valence-corrected chi connectivity index (χ4v) is 3.44. The van der Waals surface area contributed by atoms with Crippen molar-refractivity contribution < 1.29 is 34.3 Å². The molecule has 5 N–H and O–H groups in total. The van der Waals surface area contributed by atoms with Crippen molar-refractivity contribution in [3.63, 3.8) is 0 Å². The molecular formula is C21H24FNO6. The molecule has 1 heterocycles. The highest BCUT2D eigenvalue weighted by molar-refractivity contribution is 5.95. The smallest absolute Gasteiger partial charge is 0.251 e. The average Bonchev–Trinajstić information content (AvgIpc) is 2.74. The molecule has 1 aliphatic heterocycles. The molecule has 8 heteroatoms. The standard InChI is InChI=1S/C21H24FNO6/c1-23-21(28)14-4-2-3-11(7-14)12-5-6-13(15(22)8-12)9-16-18(25)20(27)19(26)17(10-24)29-16/h2-8,16-20,24-27H,9-10H2,1H3,(H,23,28)/t16-,17-,18-,19-,20-/m1/s1. The number of hydrogen-bond donors (Lipinski definition) is 5. The second-order valence-corrected chi connectivity index (χ2v) is 7.04. The molecular weight excluding hydrogens is 381 g/mol. The first-order valence-corrected chi connectivity index (χ1v) is 9.27. The van der Waals surface area contributed by atoms with Gasteiger partial charge in [-0.3, -0.25) is 4.79 Å². The van der Waals surface area contributed by atoms with Gasteiger partial charge in [0.05, 0.1) is 12.7 Å². The number of amides is 1. The highest BCUT2D eigenvalue weighted by Gasteiger charge is 2.43. The van der Waals surface area contributed by atoms with Crippen LogP contribution in [0.5, 0.6) is 0 Å². The highest BCUT2D eigenvalue weighted by Crippen LogP contribution is 2.27. The van der Waals surface area contributed by atoms with E-state index in [1.807, 2.05) is 0 Å². The minimum absolute atomic E-state index is 0.0498. The summed E-state index contributed by atoms with van der Waals surface area (Å²) >= 11 is 0. The van der Waals surface area contributed by atoms with Crippen molar-refractivity contribution in [1.82, 2.24) is 5.32 Å². The maximum Gasteiger partial charge on any atom is 0.251 e. The molecule has 0 aromatic heterocycles. The summed E-state index contributed by atoms with van der Waals surface area (Å²) in [7, 11) is 1.53. The van der Waals surface area contributed by atoms with Crippen LogP contribution in [-0.4, -0.2) is 70.5 Å². The minimum Gasteiger partial charge on any atom is -0.394 e. The van der Waals surface area contributed by atoms with E-state index in [4.69, 9.17) is 4.74 Å². The van der Waals surface area contributed by atoms with Crippen molar-refractivity contribution >= 4 is 5.91 Å². The van der Waals surface area contributed by atoms with Crippen LogP contribution in [0.1, 0.15) is 15.9 Å². The van der Waals surface area contributed by atoms with Gasteiger partial charge in [0.15, 0.2) is 0 Å². The van der Waals surface area contributed by atoms with E-state index < -0.39 is 42.9 Å². The number of carbonyl (C=O) groups excluding carboxylic acids is 1. The predicted molar refractivity (Wildman–Crippen MR) is 103 cm³/mol. The SMILES string of the molecule is CNC(=O)c1cccc(-c2ccc(C[C@H]3O[C@H](CO)[C@@H](O)[C@H](O)[C@@H]3O)c(F)c2)c1. The van der Waals surface area contributed by atoms with Crippen LogP contribution in [0.25, 0.3) is 11.1 Å². The normalized spacial score (nSPS) is 26.9. The Kier molecular flexibility index (Phi) is 6.61. The monoisotopic (exact) mass is 405 g/mol. The Morgan fingerprint density at radius 1 is 1.03 bits per heavy atom. The number of nitrogens with one attached hydrogen (secondary N) is 1. The molecule has 3 rings (SSSR count). The van der Waals surface area contributed by atoms with Crippen molar-refractivity contribution in [3.05, 3.63) is 59.4 Å². The summed E-state index contributed by atoms with van der Waals surface area (Å²) in [6.45, 7) is -0.537. The summed E-state index contributed by atoms with van der Waals surface area (Å²) in [4.78, 5) is 11.8. The lowest BCUT2D eigenvalue weighted by Gasteiger charge is -2.40. The Bertz CT molecular complexity index is 874. The summed E-state index contributed by atoms with van der Waals surface area (Å²) < 4.78 is 20.2. The molecule has 2 aromatic rings. The Labute approximate surface area is 167 Å². The van der Waals surface area contributed by atoms with Crippen LogP contribution in [0.15, 0.2) is 42.5 Å². The second-order valence-electron chi connectivity index (χ2n) is 7.04. The summed E-state index contributed by atoms with van der Waals surface area (Å²) in [6, 6.07) is 11.3. The fourth-order valence-electron chi connectivity index (χ4n) is 3.44. The van der Waals surface area contributed by atoms with E-state index >= 15 is 0 Å². The number of aliphatic hydroxyl groups is 4. The number of ether oxygens (including phenoxy) is 1. The number of rotatable bonds is 5. The van der Waals surface area contributed by atoms with Crippen molar-refractivity contribution in [3.8, 4) is 11.1 Å². The number of halogens is 1. The van der Waals surface area contributed by atoms with E-state index in [-0.39, 0.29) is 17.9 Å². The van der Waals surface area contributed by atoms with Crippen LogP contribution in [0.3, 0.4) is 0 Å². The molecule has 0 spiro atoms. The Morgan fingerprint density at radius 2 is 1.72 bits per heavy atom. The molecule has 5 atom stereocenters. The first kappa shape index (κ1) is 21.4. The second kappa shape index (κ2) is 8.98. The third kappa shape index (κ3) is 4.47. The molecule has 0 saturated carbocycles. The molecule has 0 unspecified atom stereocenters. The lowest BCUT2D eigenvalue weighted by Crippen LogP contribution is -2.59. The van der Waals surface area contributed by atoms with Gasteiger partial charge in [-0.25, -0.2) is 4.39 Å². The molecule has 0 bridgehead atoms. The topological polar surface area (TPSA) is 119 Å². The van der Waals surface area contributed by atoms with Gasteiger partial charge in [0, 0.05) is 19.0 Å². The summed E-state index contributed by atoms with van der Waals surface area (Å²) in [5.74, 6) is -0.781. The van der Waals surface area contributed by atoms with Gasteiger partial charge in [0.1, 0.15) is 30.2 Å². The van der Waals surface area contributed by atoms with Crippen LogP contribution in [-0.2, 0) is 11.2 Å². The van der Waals surface area contributed by atoms with Gasteiger partial charge in [-0.15, -0.1) is 0 Å². The molecule has 1 saturated heterocycles. The molecule has 0 aliphatic carbocycles. The van der Waals surface area contributed by atoms with E-state index in [0.717, 1.165) is 0 Å². The molecule has 2 aromatic carbocycles. The zero-order chi connectivity index (χ0) is 21.1. The zero-order valence-electron chi connectivity index (χ0n) is 15.8. The average molecular weight is 405 g/mol. The lowest BCUT2D eigenvalue weighted by molar-refractivity contribution is -0.228. The largest absolute Gasteiger partial charge is 0.394 e. The predicted octanol–water partition coefficient (Wildman–Crippen LogP) is 0.237. The van der Waals surface area contributed by atoms with Gasteiger partial charge in [-0.1, -0.05) is 24.3 Å². The third-order valence-corrected chi connectivity index (χ3v) is 5.15. The van der Waals surface area contributed by atoms with E-state index in [1.54, 1.807) is 36.4 Å². The van der Waals surface area contributed by atoms with Gasteiger partial charge in [0.25, 0.3) is 5.91 Å². The van der Waals surface area contributed by atoms with Crippen molar-refractivity contribution in [2.24, 2.45) is 0 Å². The maximum absolute atomic E-state index is 14.7.